The molecular weight excluding hydrogens is 436 g/mol. The molecule has 0 bridgehead atoms. The third-order valence-corrected chi connectivity index (χ3v) is 6.79. The van der Waals surface area contributed by atoms with Gasteiger partial charge in [-0.2, -0.15) is 0 Å². The number of aliphatic hydroxyl groups excluding tert-OH is 2. The molecule has 0 saturated carbocycles. The number of ether oxygens (including phenoxy) is 1. The Hall–Kier alpha value is -2.84. The molecule has 0 aliphatic carbocycles. The van der Waals surface area contributed by atoms with Crippen molar-refractivity contribution in [2.75, 3.05) is 13.2 Å². The Bertz CT molecular complexity index is 1110. The quantitative estimate of drug-likeness (QED) is 0.593. The van der Waals surface area contributed by atoms with Crippen molar-refractivity contribution in [3.05, 3.63) is 40.6 Å². The number of phenolic OH excluding ortho intramolecular Hbond substituents is 1. The normalized spacial score (nSPS) is 17.7. The number of hydrogen-bond acceptors (Lipinski definition) is 6. The van der Waals surface area contributed by atoms with Crippen molar-refractivity contribution >= 4 is 11.9 Å². The minimum Gasteiger partial charge on any atom is -0.508 e. The summed E-state index contributed by atoms with van der Waals surface area (Å²) in [6, 6.07) is 5.22. The molecule has 1 amide bonds. The lowest BCUT2D eigenvalue weighted by atomic mass is 9.92. The van der Waals surface area contributed by atoms with Gasteiger partial charge in [-0.3, -0.25) is 4.79 Å². The highest BCUT2D eigenvalue weighted by Crippen LogP contribution is 2.40. The molecule has 1 aromatic carbocycles. The lowest BCUT2D eigenvalue weighted by molar-refractivity contribution is -0.159. The fourth-order valence-electron chi connectivity index (χ4n) is 5.05. The minimum absolute atomic E-state index is 0.0219. The monoisotopic (exact) mass is 470 g/mol. The average Bonchev–Trinajstić information content (AvgIpc) is 3.13. The van der Waals surface area contributed by atoms with Crippen LogP contribution < -0.4 is 0 Å². The second-order valence-electron chi connectivity index (χ2n) is 10.1. The van der Waals surface area contributed by atoms with Gasteiger partial charge in [0.2, 0.25) is 0 Å². The zero-order chi connectivity index (χ0) is 24.8. The van der Waals surface area contributed by atoms with Crippen LogP contribution in [0.2, 0.25) is 0 Å². The van der Waals surface area contributed by atoms with Gasteiger partial charge in [-0.25, -0.2) is 4.79 Å². The summed E-state index contributed by atoms with van der Waals surface area (Å²) in [5.41, 5.74) is 3.96. The Labute approximate surface area is 199 Å². The number of hydrogen-bond donors (Lipinski definition) is 3. The van der Waals surface area contributed by atoms with E-state index in [1.54, 1.807) is 19.1 Å². The van der Waals surface area contributed by atoms with E-state index in [2.05, 4.69) is 0 Å². The molecule has 2 aliphatic rings. The van der Waals surface area contributed by atoms with Gasteiger partial charge in [-0.15, -0.1) is 0 Å². The fraction of sp³-hybridized carbons (Fsp3) is 0.538. The van der Waals surface area contributed by atoms with Crippen molar-refractivity contribution in [1.82, 2.24) is 9.47 Å². The highest BCUT2D eigenvalue weighted by atomic mass is 16.5. The predicted molar refractivity (Wildman–Crippen MR) is 127 cm³/mol. The molecule has 0 saturated heterocycles. The van der Waals surface area contributed by atoms with Gasteiger partial charge < -0.3 is 29.5 Å². The number of aliphatic hydroxyl groups is 2. The Morgan fingerprint density at radius 2 is 1.82 bits per heavy atom. The van der Waals surface area contributed by atoms with Crippen LogP contribution in [0.5, 0.6) is 5.75 Å². The summed E-state index contributed by atoms with van der Waals surface area (Å²) in [5.74, 6) is -1.12. The number of carbonyl (C=O) groups excluding carboxylic acids is 2. The molecule has 0 spiro atoms. The van der Waals surface area contributed by atoms with E-state index >= 15 is 0 Å². The summed E-state index contributed by atoms with van der Waals surface area (Å²) in [6.45, 7) is 9.14. The van der Waals surface area contributed by atoms with Crippen LogP contribution in [0.1, 0.15) is 73.8 Å². The summed E-state index contributed by atoms with van der Waals surface area (Å²) in [6.07, 6.45) is -0.125. The Kier molecular flexibility index (Phi) is 6.48. The van der Waals surface area contributed by atoms with Crippen molar-refractivity contribution in [3.63, 3.8) is 0 Å². The van der Waals surface area contributed by atoms with Crippen LogP contribution in [0.15, 0.2) is 18.2 Å². The van der Waals surface area contributed by atoms with Crippen molar-refractivity contribution < 1.29 is 29.6 Å². The lowest BCUT2D eigenvalue weighted by Gasteiger charge is -2.37. The van der Waals surface area contributed by atoms with Crippen LogP contribution in [-0.2, 0) is 28.9 Å². The topological polar surface area (TPSA) is 112 Å². The van der Waals surface area contributed by atoms with Gasteiger partial charge in [0, 0.05) is 35.4 Å². The molecule has 2 aliphatic heterocycles. The summed E-state index contributed by atoms with van der Waals surface area (Å²) in [5, 5.41) is 31.4. The zero-order valence-electron chi connectivity index (χ0n) is 20.3. The number of aryl methyl sites for hydroxylation is 2. The van der Waals surface area contributed by atoms with E-state index in [1.807, 2.05) is 36.3 Å². The van der Waals surface area contributed by atoms with Gasteiger partial charge in [0.05, 0.1) is 6.61 Å². The molecule has 8 heteroatoms. The molecule has 2 atom stereocenters. The van der Waals surface area contributed by atoms with Gasteiger partial charge in [-0.05, 0) is 82.7 Å². The van der Waals surface area contributed by atoms with Gasteiger partial charge >= 0.3 is 5.97 Å². The van der Waals surface area contributed by atoms with Crippen molar-refractivity contribution in [3.8, 4) is 17.0 Å². The number of fused-ring (bicyclic) bond motifs is 5. The first-order valence-corrected chi connectivity index (χ1v) is 12.0. The predicted octanol–water partition coefficient (Wildman–Crippen LogP) is 2.95. The molecule has 184 valence electrons. The molecule has 3 N–H and O–H groups in total. The number of carbonyl (C=O) groups is 2. The number of rotatable bonds is 4. The van der Waals surface area contributed by atoms with Crippen molar-refractivity contribution in [2.45, 2.75) is 77.7 Å². The number of phenols is 1. The highest BCUT2D eigenvalue weighted by molar-refractivity contribution is 5.96. The zero-order valence-corrected chi connectivity index (χ0v) is 20.3. The summed E-state index contributed by atoms with van der Waals surface area (Å²) in [4.78, 5) is 27.6. The van der Waals surface area contributed by atoms with Gasteiger partial charge in [0.25, 0.3) is 5.91 Å². The Morgan fingerprint density at radius 3 is 2.50 bits per heavy atom. The summed E-state index contributed by atoms with van der Waals surface area (Å²) in [7, 11) is 0. The van der Waals surface area contributed by atoms with E-state index in [-0.39, 0.29) is 29.4 Å². The molecule has 0 fully saturated rings. The number of esters is 1. The second kappa shape index (κ2) is 9.07. The number of benzene rings is 1. The molecule has 4 rings (SSSR count). The molecule has 8 nitrogen and oxygen atoms in total. The second-order valence-corrected chi connectivity index (χ2v) is 10.1. The summed E-state index contributed by atoms with van der Waals surface area (Å²) < 4.78 is 6.85. The first-order valence-electron chi connectivity index (χ1n) is 12.0. The molecule has 0 radical (unpaired) electrons. The van der Waals surface area contributed by atoms with Crippen LogP contribution in [0, 0.1) is 0 Å². The smallest absolute Gasteiger partial charge is 0.338 e. The van der Waals surface area contributed by atoms with E-state index < -0.39 is 18.2 Å². The number of aromatic hydroxyl groups is 1. The van der Waals surface area contributed by atoms with E-state index in [0.29, 0.717) is 18.7 Å². The molecule has 2 aromatic rings. The number of amides is 1. The first-order chi connectivity index (χ1) is 16.0. The molecule has 34 heavy (non-hydrogen) atoms. The fourth-order valence-corrected chi connectivity index (χ4v) is 5.05. The maximum absolute atomic E-state index is 13.7. The van der Waals surface area contributed by atoms with E-state index in [4.69, 9.17) is 4.74 Å². The van der Waals surface area contributed by atoms with Crippen molar-refractivity contribution in [2.24, 2.45) is 0 Å². The largest absolute Gasteiger partial charge is 0.508 e. The third kappa shape index (κ3) is 4.20. The number of aromatic nitrogens is 1. The molecular formula is C26H34N2O6. The maximum atomic E-state index is 13.7. The lowest BCUT2D eigenvalue weighted by Crippen LogP contribution is -2.47. The van der Waals surface area contributed by atoms with E-state index in [1.165, 1.54) is 0 Å². The molecule has 1 aromatic heterocycles. The molecule has 0 unspecified atom stereocenters. The van der Waals surface area contributed by atoms with E-state index in [0.717, 1.165) is 48.2 Å². The minimum atomic E-state index is -1.82. The molecule has 3 heterocycles. The maximum Gasteiger partial charge on any atom is 0.338 e. The Balaban J connectivity index is 1.79. The first kappa shape index (κ1) is 24.3. The van der Waals surface area contributed by atoms with Crippen LogP contribution in [0.3, 0.4) is 0 Å². The van der Waals surface area contributed by atoms with Crippen LogP contribution in [-0.4, -0.2) is 61.5 Å². The van der Waals surface area contributed by atoms with Crippen LogP contribution in [0.4, 0.5) is 0 Å². The SMILES string of the molecule is CCOC(=O)[C@H](O)[C@@H](O)c1cc2c(cc1O)CCn1c-2cc2c1C(=O)N(C(C)(C)C)CCCC2. The third-order valence-electron chi connectivity index (χ3n) is 6.79. The van der Waals surface area contributed by atoms with Crippen LogP contribution >= 0.6 is 0 Å². The number of nitrogens with zero attached hydrogens (tertiary/aromatic N) is 2. The van der Waals surface area contributed by atoms with Gasteiger partial charge in [0.1, 0.15) is 17.5 Å². The average molecular weight is 471 g/mol. The van der Waals surface area contributed by atoms with E-state index in [9.17, 15) is 24.9 Å². The van der Waals surface area contributed by atoms with Gasteiger partial charge in [-0.1, -0.05) is 0 Å². The standard InChI is InChI=1S/C26H34N2O6/c1-5-34-25(33)23(31)22(30)18-14-17-15(13-20(18)29)9-11-27-19(17)12-16-8-6-7-10-28(26(2,3)4)24(32)21(16)27/h12-14,22-23,29-31H,5-11H2,1-4H3/t22-,23+/m0/s1. The van der Waals surface area contributed by atoms with Crippen LogP contribution in [0.25, 0.3) is 11.3 Å². The van der Waals surface area contributed by atoms with Gasteiger partial charge in [0.15, 0.2) is 6.10 Å². The highest BCUT2D eigenvalue weighted by Gasteiger charge is 2.35. The van der Waals surface area contributed by atoms with Crippen molar-refractivity contribution in [1.29, 1.82) is 0 Å². The summed E-state index contributed by atoms with van der Waals surface area (Å²) >= 11 is 0. The Morgan fingerprint density at radius 1 is 1.09 bits per heavy atom.